The van der Waals surface area contributed by atoms with Gasteiger partial charge in [-0.2, -0.15) is 0 Å². The van der Waals surface area contributed by atoms with Crippen molar-refractivity contribution in [3.63, 3.8) is 0 Å². The number of aryl methyl sites for hydroxylation is 1. The van der Waals surface area contributed by atoms with Gasteiger partial charge in [-0.25, -0.2) is 18.7 Å². The fourth-order valence-electron chi connectivity index (χ4n) is 4.69. The lowest BCUT2D eigenvalue weighted by molar-refractivity contribution is -0.133. The number of rotatable bonds is 7. The number of aromatic nitrogens is 1. The minimum atomic E-state index is -3.83. The molecule has 1 aromatic heterocycles. The molecule has 1 saturated heterocycles. The Bertz CT molecular complexity index is 1470. The predicted molar refractivity (Wildman–Crippen MR) is 144 cm³/mol. The zero-order valence-electron chi connectivity index (χ0n) is 22.4. The number of fused-ring (bicyclic) bond motifs is 1. The molecule has 0 aliphatic carbocycles. The Hall–Kier alpha value is -3.70. The molecule has 0 unspecified atom stereocenters. The second kappa shape index (κ2) is 11.2. The number of para-hydroxylation sites is 1. The number of hydroxylamine groups is 1. The van der Waals surface area contributed by atoms with Crippen molar-refractivity contribution in [3.8, 4) is 5.75 Å². The van der Waals surface area contributed by atoms with Crippen LogP contribution in [-0.4, -0.2) is 60.0 Å². The van der Waals surface area contributed by atoms with Crippen LogP contribution in [0.4, 0.5) is 4.79 Å². The van der Waals surface area contributed by atoms with Gasteiger partial charge in [0, 0.05) is 35.7 Å². The normalized spacial score (nSPS) is 17.7. The molecule has 2 heterocycles. The molecule has 1 aliphatic heterocycles. The number of ether oxygens (including phenoxy) is 2. The number of carbonyl (C=O) groups is 2. The summed E-state index contributed by atoms with van der Waals surface area (Å²) in [5.74, 6) is -2.26. The molecule has 1 aliphatic rings. The number of likely N-dealkylation sites (tertiary alicyclic amines) is 1. The molecule has 0 radical (unpaired) electrons. The maximum absolute atomic E-state index is 13.2. The van der Waals surface area contributed by atoms with E-state index in [4.69, 9.17) is 9.47 Å². The van der Waals surface area contributed by atoms with Gasteiger partial charge in [0.25, 0.3) is 0 Å². The number of hydrogen-bond acceptors (Lipinski definition) is 8. The molecule has 1 fully saturated rings. The fraction of sp³-hybridized carbons (Fsp3) is 0.393. The quantitative estimate of drug-likeness (QED) is 0.331. The first-order valence-corrected chi connectivity index (χ1v) is 14.2. The van der Waals surface area contributed by atoms with Gasteiger partial charge in [-0.15, -0.1) is 0 Å². The largest absolute Gasteiger partial charge is 0.489 e. The molecule has 10 nitrogen and oxygen atoms in total. The van der Waals surface area contributed by atoms with Crippen LogP contribution in [0.1, 0.15) is 32.0 Å². The Morgan fingerprint density at radius 3 is 2.46 bits per heavy atom. The van der Waals surface area contributed by atoms with E-state index in [9.17, 15) is 23.2 Å². The standard InChI is InChI=1S/C28H33N3O7S/c1-18-13-19(23-7-5-6-8-25(23)29-18)16-37-21-9-11-22(12-10-21)39(35,36)17-20-14-31(15-24(20)26(32)30-34)27(33)38-28(2,3)4/h5-13,20,24,34H,14-17H2,1-4H3,(H,30,32)/t20-,24-/m0/s1. The monoisotopic (exact) mass is 555 g/mol. The zero-order valence-corrected chi connectivity index (χ0v) is 23.2. The molecule has 39 heavy (non-hydrogen) atoms. The van der Waals surface area contributed by atoms with Crippen molar-refractivity contribution in [1.82, 2.24) is 15.4 Å². The summed E-state index contributed by atoms with van der Waals surface area (Å²) in [6.07, 6.45) is -0.642. The number of benzene rings is 2. The van der Waals surface area contributed by atoms with E-state index in [0.29, 0.717) is 5.75 Å². The summed E-state index contributed by atoms with van der Waals surface area (Å²) < 4.78 is 37.8. The summed E-state index contributed by atoms with van der Waals surface area (Å²) in [4.78, 5) is 30.7. The van der Waals surface area contributed by atoms with Crippen molar-refractivity contribution in [1.29, 1.82) is 0 Å². The van der Waals surface area contributed by atoms with Gasteiger partial charge in [0.15, 0.2) is 9.84 Å². The lowest BCUT2D eigenvalue weighted by atomic mass is 9.97. The summed E-state index contributed by atoms with van der Waals surface area (Å²) in [6, 6.07) is 15.8. The van der Waals surface area contributed by atoms with Crippen LogP contribution in [0.2, 0.25) is 0 Å². The van der Waals surface area contributed by atoms with Gasteiger partial charge < -0.3 is 14.4 Å². The van der Waals surface area contributed by atoms with E-state index in [2.05, 4.69) is 4.98 Å². The molecule has 3 aromatic rings. The first-order valence-electron chi connectivity index (χ1n) is 12.6. The number of carbonyl (C=O) groups excluding carboxylic acids is 2. The lowest BCUT2D eigenvalue weighted by Crippen LogP contribution is -2.37. The molecule has 0 spiro atoms. The van der Waals surface area contributed by atoms with E-state index in [1.165, 1.54) is 17.0 Å². The van der Waals surface area contributed by atoms with Crippen LogP contribution in [0, 0.1) is 18.8 Å². The third-order valence-electron chi connectivity index (χ3n) is 6.48. The van der Waals surface area contributed by atoms with E-state index in [0.717, 1.165) is 22.2 Å². The van der Waals surface area contributed by atoms with E-state index < -0.39 is 39.3 Å². The molecular formula is C28H33N3O7S. The van der Waals surface area contributed by atoms with Crippen LogP contribution in [0.5, 0.6) is 5.75 Å². The smallest absolute Gasteiger partial charge is 0.410 e. The van der Waals surface area contributed by atoms with Crippen molar-refractivity contribution < 1.29 is 32.7 Å². The van der Waals surface area contributed by atoms with Crippen LogP contribution in [-0.2, 0) is 26.0 Å². The van der Waals surface area contributed by atoms with Gasteiger partial charge in [-0.1, -0.05) is 18.2 Å². The molecule has 2 N–H and O–H groups in total. The summed E-state index contributed by atoms with van der Waals surface area (Å²) in [7, 11) is -3.83. The van der Waals surface area contributed by atoms with Gasteiger partial charge >= 0.3 is 6.09 Å². The van der Waals surface area contributed by atoms with Crippen LogP contribution in [0.25, 0.3) is 10.9 Å². The highest BCUT2D eigenvalue weighted by Gasteiger charge is 2.43. The topological polar surface area (TPSA) is 135 Å². The Morgan fingerprint density at radius 1 is 1.10 bits per heavy atom. The lowest BCUT2D eigenvalue weighted by Gasteiger charge is -2.24. The Kier molecular flexibility index (Phi) is 8.12. The van der Waals surface area contributed by atoms with Gasteiger partial charge in [-0.05, 0) is 64.1 Å². The highest BCUT2D eigenvalue weighted by Crippen LogP contribution is 2.29. The highest BCUT2D eigenvalue weighted by atomic mass is 32.2. The molecule has 2 aromatic carbocycles. The predicted octanol–water partition coefficient (Wildman–Crippen LogP) is 3.88. The fourth-order valence-corrected chi connectivity index (χ4v) is 6.34. The van der Waals surface area contributed by atoms with Crippen LogP contribution < -0.4 is 10.2 Å². The second-order valence-electron chi connectivity index (χ2n) is 10.7. The SMILES string of the molecule is Cc1cc(COc2ccc(S(=O)(=O)C[C@@H]3CN(C(=O)OC(C)(C)C)C[C@@H]3C(=O)NO)cc2)c2ccccc2n1. The van der Waals surface area contributed by atoms with Crippen LogP contribution in [0.3, 0.4) is 0 Å². The minimum absolute atomic E-state index is 0.00668. The summed E-state index contributed by atoms with van der Waals surface area (Å²) in [5, 5.41) is 10.2. The van der Waals surface area contributed by atoms with Gasteiger partial charge in [0.1, 0.15) is 18.0 Å². The first kappa shape index (κ1) is 28.3. The van der Waals surface area contributed by atoms with E-state index in [-0.39, 0.29) is 30.3 Å². The summed E-state index contributed by atoms with van der Waals surface area (Å²) in [6.45, 7) is 7.31. The molecule has 4 rings (SSSR count). The third kappa shape index (κ3) is 6.85. The molecule has 11 heteroatoms. The van der Waals surface area contributed by atoms with Gasteiger partial charge in [-0.3, -0.25) is 15.0 Å². The van der Waals surface area contributed by atoms with E-state index >= 15 is 0 Å². The maximum atomic E-state index is 13.2. The van der Waals surface area contributed by atoms with Crippen LogP contribution >= 0.6 is 0 Å². The number of amides is 2. The summed E-state index contributed by atoms with van der Waals surface area (Å²) >= 11 is 0. The third-order valence-corrected chi connectivity index (χ3v) is 8.34. The minimum Gasteiger partial charge on any atom is -0.489 e. The number of pyridine rings is 1. The van der Waals surface area contributed by atoms with Crippen molar-refractivity contribution in [3.05, 3.63) is 65.9 Å². The Morgan fingerprint density at radius 2 is 1.79 bits per heavy atom. The molecule has 2 amide bonds. The van der Waals surface area contributed by atoms with E-state index in [1.54, 1.807) is 38.4 Å². The van der Waals surface area contributed by atoms with Crippen molar-refractivity contribution in [2.24, 2.45) is 11.8 Å². The molecule has 0 bridgehead atoms. The van der Waals surface area contributed by atoms with Crippen molar-refractivity contribution >= 4 is 32.7 Å². The average molecular weight is 556 g/mol. The van der Waals surface area contributed by atoms with E-state index in [1.807, 2.05) is 37.3 Å². The Labute approximate surface area is 227 Å². The molecule has 208 valence electrons. The Balaban J connectivity index is 1.45. The first-order chi connectivity index (χ1) is 18.4. The van der Waals surface area contributed by atoms with Crippen molar-refractivity contribution in [2.75, 3.05) is 18.8 Å². The second-order valence-corrected chi connectivity index (χ2v) is 12.7. The zero-order chi connectivity index (χ0) is 28.4. The average Bonchev–Trinajstić information content (AvgIpc) is 3.29. The highest BCUT2D eigenvalue weighted by molar-refractivity contribution is 7.91. The molecular weight excluding hydrogens is 522 g/mol. The maximum Gasteiger partial charge on any atom is 0.410 e. The number of nitrogens with one attached hydrogen (secondary N) is 1. The number of sulfone groups is 1. The van der Waals surface area contributed by atoms with Crippen LogP contribution in [0.15, 0.2) is 59.5 Å². The van der Waals surface area contributed by atoms with Crippen molar-refractivity contribution in [2.45, 2.75) is 44.8 Å². The number of nitrogens with zero attached hydrogens (tertiary/aromatic N) is 2. The number of hydrogen-bond donors (Lipinski definition) is 2. The van der Waals surface area contributed by atoms with Gasteiger partial charge in [0.2, 0.25) is 5.91 Å². The summed E-state index contributed by atoms with van der Waals surface area (Å²) in [5.41, 5.74) is 3.56. The van der Waals surface area contributed by atoms with Gasteiger partial charge in [0.05, 0.1) is 22.1 Å². The molecule has 2 atom stereocenters. The molecule has 0 saturated carbocycles.